The number of pyridine rings is 1. The summed E-state index contributed by atoms with van der Waals surface area (Å²) in [6, 6.07) is 12.5. The van der Waals surface area contributed by atoms with E-state index in [2.05, 4.69) is 64.6 Å². The molecule has 0 radical (unpaired) electrons. The predicted molar refractivity (Wildman–Crippen MR) is 87.3 cm³/mol. The maximum atomic E-state index is 4.32. The van der Waals surface area contributed by atoms with Gasteiger partial charge in [-0.3, -0.25) is 0 Å². The summed E-state index contributed by atoms with van der Waals surface area (Å²) in [5.74, 6) is 0. The van der Waals surface area contributed by atoms with Gasteiger partial charge in [-0.1, -0.05) is 18.2 Å². The van der Waals surface area contributed by atoms with E-state index in [1.165, 1.54) is 22.2 Å². The molecule has 0 aliphatic carbocycles. The highest BCUT2D eigenvalue weighted by Gasteiger charge is 2.06. The summed E-state index contributed by atoms with van der Waals surface area (Å²) in [5.41, 5.74) is 4.67. The van der Waals surface area contributed by atoms with Gasteiger partial charge in [0, 0.05) is 36.6 Å². The molecule has 4 nitrogen and oxygen atoms in total. The normalized spacial score (nSPS) is 11.2. The van der Waals surface area contributed by atoms with Crippen molar-refractivity contribution in [2.45, 2.75) is 13.1 Å². The number of nitrogens with one attached hydrogen (secondary N) is 2. The van der Waals surface area contributed by atoms with Gasteiger partial charge in [-0.25, -0.2) is 4.98 Å². The van der Waals surface area contributed by atoms with Gasteiger partial charge in [0.2, 0.25) is 0 Å². The van der Waals surface area contributed by atoms with E-state index in [1.54, 1.807) is 0 Å². The summed E-state index contributed by atoms with van der Waals surface area (Å²) < 4.78 is 0. The van der Waals surface area contributed by atoms with Crippen LogP contribution in [0.15, 0.2) is 48.8 Å². The maximum Gasteiger partial charge on any atom is 0.137 e. The highest BCUT2D eigenvalue weighted by atomic mass is 15.1. The van der Waals surface area contributed by atoms with Crippen molar-refractivity contribution in [3.8, 4) is 0 Å². The third kappa shape index (κ3) is 3.06. The lowest BCUT2D eigenvalue weighted by Gasteiger charge is -2.15. The first-order valence-electron chi connectivity index (χ1n) is 7.11. The lowest BCUT2D eigenvalue weighted by atomic mass is 10.1. The van der Waals surface area contributed by atoms with E-state index in [-0.39, 0.29) is 0 Å². The van der Waals surface area contributed by atoms with E-state index < -0.39 is 0 Å². The van der Waals surface area contributed by atoms with Crippen LogP contribution in [0.5, 0.6) is 0 Å². The van der Waals surface area contributed by atoms with Crippen LogP contribution in [0.1, 0.15) is 11.1 Å². The molecule has 0 unspecified atom stereocenters. The molecular formula is C17H20N4. The minimum absolute atomic E-state index is 0.788. The number of nitrogens with zero attached hydrogens (tertiary/aromatic N) is 2. The SMILES string of the molecule is CN(C)Cc1ccccc1NCc1c[nH]c2ncccc12. The Labute approximate surface area is 124 Å². The van der Waals surface area contributed by atoms with Gasteiger partial charge in [0.15, 0.2) is 0 Å². The molecule has 0 spiro atoms. The number of benzene rings is 1. The molecule has 1 aromatic carbocycles. The summed E-state index contributed by atoms with van der Waals surface area (Å²) >= 11 is 0. The van der Waals surface area contributed by atoms with Gasteiger partial charge < -0.3 is 15.2 Å². The van der Waals surface area contributed by atoms with Crippen LogP contribution in [0.4, 0.5) is 5.69 Å². The number of anilines is 1. The molecular weight excluding hydrogens is 260 g/mol. The number of hydrogen-bond acceptors (Lipinski definition) is 3. The molecule has 0 atom stereocenters. The van der Waals surface area contributed by atoms with Gasteiger partial charge in [-0.05, 0) is 43.4 Å². The lowest BCUT2D eigenvalue weighted by molar-refractivity contribution is 0.403. The molecule has 0 bridgehead atoms. The molecule has 0 aliphatic heterocycles. The molecule has 108 valence electrons. The van der Waals surface area contributed by atoms with E-state index in [0.29, 0.717) is 0 Å². The average Bonchev–Trinajstić information content (AvgIpc) is 2.89. The molecule has 2 aromatic heterocycles. The summed E-state index contributed by atoms with van der Waals surface area (Å²) in [7, 11) is 4.17. The lowest BCUT2D eigenvalue weighted by Crippen LogP contribution is -2.12. The molecule has 0 aliphatic rings. The third-order valence-electron chi connectivity index (χ3n) is 3.51. The number of aromatic amines is 1. The van der Waals surface area contributed by atoms with Gasteiger partial charge in [-0.15, -0.1) is 0 Å². The van der Waals surface area contributed by atoms with Crippen molar-refractivity contribution in [3.05, 3.63) is 59.9 Å². The first-order chi connectivity index (χ1) is 10.2. The zero-order chi connectivity index (χ0) is 14.7. The van der Waals surface area contributed by atoms with Crippen LogP contribution in [0.25, 0.3) is 11.0 Å². The van der Waals surface area contributed by atoms with Crippen molar-refractivity contribution in [2.24, 2.45) is 0 Å². The number of H-pyrrole nitrogens is 1. The van der Waals surface area contributed by atoms with Crippen molar-refractivity contribution in [1.82, 2.24) is 14.9 Å². The summed E-state index contributed by atoms with van der Waals surface area (Å²) in [5, 5.41) is 4.71. The molecule has 0 saturated carbocycles. The van der Waals surface area contributed by atoms with E-state index in [1.807, 2.05) is 18.5 Å². The quantitative estimate of drug-likeness (QED) is 0.754. The first kappa shape index (κ1) is 13.6. The van der Waals surface area contributed by atoms with Crippen LogP contribution in [-0.4, -0.2) is 29.0 Å². The van der Waals surface area contributed by atoms with Crippen LogP contribution >= 0.6 is 0 Å². The third-order valence-corrected chi connectivity index (χ3v) is 3.51. The second-order valence-corrected chi connectivity index (χ2v) is 5.46. The Balaban J connectivity index is 1.79. The number of rotatable bonds is 5. The standard InChI is InChI=1S/C17H20N4/c1-21(2)12-13-6-3-4-8-16(13)19-10-14-11-20-17-15(14)7-5-9-18-17/h3-9,11,19H,10,12H2,1-2H3,(H,18,20). The average molecular weight is 280 g/mol. The number of para-hydroxylation sites is 1. The second-order valence-electron chi connectivity index (χ2n) is 5.46. The number of aromatic nitrogens is 2. The fourth-order valence-electron chi connectivity index (χ4n) is 2.52. The molecule has 0 fully saturated rings. The van der Waals surface area contributed by atoms with Gasteiger partial charge in [0.25, 0.3) is 0 Å². The Kier molecular flexibility index (Phi) is 3.88. The molecule has 3 aromatic rings. The van der Waals surface area contributed by atoms with Crippen LogP contribution in [0, 0.1) is 0 Å². The first-order valence-corrected chi connectivity index (χ1v) is 7.11. The van der Waals surface area contributed by atoms with Gasteiger partial charge in [0.1, 0.15) is 5.65 Å². The summed E-state index contributed by atoms with van der Waals surface area (Å²) in [6.45, 7) is 1.72. The van der Waals surface area contributed by atoms with Crippen LogP contribution in [0.2, 0.25) is 0 Å². The van der Waals surface area contributed by atoms with E-state index in [0.717, 1.165) is 18.7 Å². The van der Waals surface area contributed by atoms with Crippen molar-refractivity contribution in [1.29, 1.82) is 0 Å². The molecule has 0 saturated heterocycles. The Morgan fingerprint density at radius 3 is 2.81 bits per heavy atom. The molecule has 2 heterocycles. The second kappa shape index (κ2) is 5.97. The molecule has 0 amide bonds. The van der Waals surface area contributed by atoms with Crippen molar-refractivity contribution in [3.63, 3.8) is 0 Å². The van der Waals surface area contributed by atoms with Gasteiger partial charge >= 0.3 is 0 Å². The largest absolute Gasteiger partial charge is 0.381 e. The van der Waals surface area contributed by atoms with Crippen LogP contribution in [0.3, 0.4) is 0 Å². The highest BCUT2D eigenvalue weighted by Crippen LogP contribution is 2.20. The van der Waals surface area contributed by atoms with E-state index >= 15 is 0 Å². The van der Waals surface area contributed by atoms with Crippen molar-refractivity contribution in [2.75, 3.05) is 19.4 Å². The van der Waals surface area contributed by atoms with E-state index in [9.17, 15) is 0 Å². The minimum Gasteiger partial charge on any atom is -0.381 e. The fourth-order valence-corrected chi connectivity index (χ4v) is 2.52. The predicted octanol–water partition coefficient (Wildman–Crippen LogP) is 3.24. The minimum atomic E-state index is 0.788. The van der Waals surface area contributed by atoms with Crippen LogP contribution < -0.4 is 5.32 Å². The van der Waals surface area contributed by atoms with Gasteiger partial charge in [0.05, 0.1) is 0 Å². The Morgan fingerprint density at radius 2 is 1.95 bits per heavy atom. The molecule has 21 heavy (non-hydrogen) atoms. The fraction of sp³-hybridized carbons (Fsp3) is 0.235. The number of hydrogen-bond donors (Lipinski definition) is 2. The number of fused-ring (bicyclic) bond motifs is 1. The Morgan fingerprint density at radius 1 is 1.10 bits per heavy atom. The summed E-state index contributed by atoms with van der Waals surface area (Å²) in [6.07, 6.45) is 3.83. The van der Waals surface area contributed by atoms with E-state index in [4.69, 9.17) is 0 Å². The molecule has 2 N–H and O–H groups in total. The highest BCUT2D eigenvalue weighted by molar-refractivity contribution is 5.79. The molecule has 4 heteroatoms. The van der Waals surface area contributed by atoms with Crippen LogP contribution in [-0.2, 0) is 13.1 Å². The zero-order valence-corrected chi connectivity index (χ0v) is 12.4. The Hall–Kier alpha value is -2.33. The van der Waals surface area contributed by atoms with Gasteiger partial charge in [-0.2, -0.15) is 0 Å². The zero-order valence-electron chi connectivity index (χ0n) is 12.4. The maximum absolute atomic E-state index is 4.32. The topological polar surface area (TPSA) is 44.0 Å². The van der Waals surface area contributed by atoms with Crippen molar-refractivity contribution < 1.29 is 0 Å². The monoisotopic (exact) mass is 280 g/mol. The molecule has 3 rings (SSSR count). The Bertz CT molecular complexity index is 730. The summed E-state index contributed by atoms with van der Waals surface area (Å²) in [4.78, 5) is 9.71. The van der Waals surface area contributed by atoms with Crippen molar-refractivity contribution >= 4 is 16.7 Å². The smallest absolute Gasteiger partial charge is 0.137 e.